The van der Waals surface area contributed by atoms with Gasteiger partial charge in [0, 0.05) is 20.7 Å². The van der Waals surface area contributed by atoms with E-state index < -0.39 is 5.97 Å². The first-order valence-electron chi connectivity index (χ1n) is 4.25. The van der Waals surface area contributed by atoms with Crippen molar-refractivity contribution >= 4 is 45.1 Å². The number of hydrogen-bond acceptors (Lipinski definition) is 2. The SMILES string of the molecule is O=C(O)C=Cc1cc2ccc(Cl)cc2s1. The molecule has 1 N–H and O–H groups in total. The van der Waals surface area contributed by atoms with Crippen molar-refractivity contribution in [3.05, 3.63) is 40.2 Å². The summed E-state index contributed by atoms with van der Waals surface area (Å²) < 4.78 is 1.06. The number of aliphatic carboxylic acids is 1. The standard InChI is InChI=1S/C11H7ClO2S/c12-8-2-1-7-5-9(3-4-11(13)14)15-10(7)6-8/h1-6H,(H,13,14). The van der Waals surface area contributed by atoms with E-state index in [-0.39, 0.29) is 0 Å². The van der Waals surface area contributed by atoms with Gasteiger partial charge in [0.05, 0.1) is 0 Å². The molecule has 0 aliphatic carbocycles. The predicted molar refractivity (Wildman–Crippen MR) is 63.5 cm³/mol. The normalized spacial score (nSPS) is 11.3. The Bertz CT molecular complexity index is 543. The van der Waals surface area contributed by atoms with E-state index in [9.17, 15) is 4.79 Å². The molecule has 0 aliphatic rings. The molecule has 0 saturated carbocycles. The first kappa shape index (κ1) is 10.2. The predicted octanol–water partition coefficient (Wildman–Crippen LogP) is 3.65. The zero-order chi connectivity index (χ0) is 10.8. The molecule has 0 aliphatic heterocycles. The Kier molecular flexibility index (Phi) is 2.75. The third kappa shape index (κ3) is 2.37. The van der Waals surface area contributed by atoms with Crippen LogP contribution in [0, 0.1) is 0 Å². The van der Waals surface area contributed by atoms with Gasteiger partial charge in [-0.05, 0) is 29.7 Å². The molecule has 1 aromatic carbocycles. The van der Waals surface area contributed by atoms with E-state index in [1.165, 1.54) is 11.3 Å². The summed E-state index contributed by atoms with van der Waals surface area (Å²) in [5.41, 5.74) is 0. The Morgan fingerprint density at radius 2 is 2.20 bits per heavy atom. The Balaban J connectivity index is 2.43. The zero-order valence-corrected chi connectivity index (χ0v) is 9.18. The van der Waals surface area contributed by atoms with Crippen LogP contribution >= 0.6 is 22.9 Å². The van der Waals surface area contributed by atoms with Gasteiger partial charge in [0.25, 0.3) is 0 Å². The van der Waals surface area contributed by atoms with Crippen LogP contribution in [0.15, 0.2) is 30.3 Å². The van der Waals surface area contributed by atoms with Crippen molar-refractivity contribution in [2.45, 2.75) is 0 Å². The third-order valence-corrected chi connectivity index (χ3v) is 3.19. The molecule has 0 fully saturated rings. The largest absolute Gasteiger partial charge is 0.478 e. The summed E-state index contributed by atoms with van der Waals surface area (Å²) in [6.45, 7) is 0. The average Bonchev–Trinajstić information content (AvgIpc) is 2.56. The molecule has 0 unspecified atom stereocenters. The minimum Gasteiger partial charge on any atom is -0.478 e. The van der Waals surface area contributed by atoms with Crippen molar-refractivity contribution in [3.63, 3.8) is 0 Å². The molecular formula is C11H7ClO2S. The lowest BCUT2D eigenvalue weighted by atomic mass is 10.2. The Morgan fingerprint density at radius 3 is 2.93 bits per heavy atom. The number of thiophene rings is 1. The maximum Gasteiger partial charge on any atom is 0.328 e. The topological polar surface area (TPSA) is 37.3 Å². The molecule has 0 saturated heterocycles. The van der Waals surface area contributed by atoms with E-state index in [1.54, 1.807) is 6.08 Å². The minimum atomic E-state index is -0.939. The smallest absolute Gasteiger partial charge is 0.328 e. The molecule has 0 atom stereocenters. The fourth-order valence-corrected chi connectivity index (χ4v) is 2.50. The van der Waals surface area contributed by atoms with Crippen molar-refractivity contribution in [3.8, 4) is 0 Å². The van der Waals surface area contributed by atoms with E-state index in [0.717, 1.165) is 21.0 Å². The van der Waals surface area contributed by atoms with Crippen LogP contribution in [0.4, 0.5) is 0 Å². The van der Waals surface area contributed by atoms with Crippen LogP contribution < -0.4 is 0 Å². The number of rotatable bonds is 2. The van der Waals surface area contributed by atoms with Gasteiger partial charge >= 0.3 is 5.97 Å². The van der Waals surface area contributed by atoms with Gasteiger partial charge < -0.3 is 5.11 Å². The molecule has 1 heterocycles. The fourth-order valence-electron chi connectivity index (χ4n) is 1.26. The van der Waals surface area contributed by atoms with Gasteiger partial charge in [0.1, 0.15) is 0 Å². The van der Waals surface area contributed by atoms with Crippen LogP contribution in [0.3, 0.4) is 0 Å². The van der Waals surface area contributed by atoms with Gasteiger partial charge in [-0.25, -0.2) is 4.79 Å². The lowest BCUT2D eigenvalue weighted by molar-refractivity contribution is -0.131. The first-order valence-corrected chi connectivity index (χ1v) is 5.45. The van der Waals surface area contributed by atoms with Crippen LogP contribution in [0.2, 0.25) is 5.02 Å². The molecule has 2 aromatic rings. The first-order chi connectivity index (χ1) is 7.15. The summed E-state index contributed by atoms with van der Waals surface area (Å²) in [4.78, 5) is 11.3. The molecule has 1 aromatic heterocycles. The molecule has 0 radical (unpaired) electrons. The van der Waals surface area contributed by atoms with Crippen LogP contribution in [-0.2, 0) is 4.79 Å². The van der Waals surface area contributed by atoms with Crippen LogP contribution in [0.5, 0.6) is 0 Å². The van der Waals surface area contributed by atoms with Crippen LogP contribution in [-0.4, -0.2) is 11.1 Å². The molecule has 0 amide bonds. The third-order valence-electron chi connectivity index (χ3n) is 1.89. The highest BCUT2D eigenvalue weighted by atomic mass is 35.5. The monoisotopic (exact) mass is 238 g/mol. The van der Waals surface area contributed by atoms with E-state index >= 15 is 0 Å². The highest BCUT2D eigenvalue weighted by molar-refractivity contribution is 7.19. The van der Waals surface area contributed by atoms with Gasteiger partial charge in [-0.2, -0.15) is 0 Å². The second kappa shape index (κ2) is 4.04. The number of benzene rings is 1. The highest BCUT2D eigenvalue weighted by Crippen LogP contribution is 2.28. The molecule has 15 heavy (non-hydrogen) atoms. The molecule has 2 rings (SSSR count). The Morgan fingerprint density at radius 1 is 1.40 bits per heavy atom. The summed E-state index contributed by atoms with van der Waals surface area (Å²) in [5.74, 6) is -0.939. The van der Waals surface area contributed by atoms with Gasteiger partial charge in [-0.3, -0.25) is 0 Å². The Labute approximate surface area is 95.4 Å². The van der Waals surface area contributed by atoms with Crippen LogP contribution in [0.25, 0.3) is 16.2 Å². The second-order valence-electron chi connectivity index (χ2n) is 3.00. The molecule has 0 spiro atoms. The highest BCUT2D eigenvalue weighted by Gasteiger charge is 2.00. The lowest BCUT2D eigenvalue weighted by Gasteiger charge is -1.87. The maximum absolute atomic E-state index is 10.3. The van der Waals surface area contributed by atoms with Crippen molar-refractivity contribution in [2.75, 3.05) is 0 Å². The number of hydrogen-bond donors (Lipinski definition) is 1. The average molecular weight is 239 g/mol. The van der Waals surface area contributed by atoms with E-state index in [2.05, 4.69) is 0 Å². The summed E-state index contributed by atoms with van der Waals surface area (Å²) in [7, 11) is 0. The van der Waals surface area contributed by atoms with Crippen LogP contribution in [0.1, 0.15) is 4.88 Å². The number of halogens is 1. The quantitative estimate of drug-likeness (QED) is 0.811. The van der Waals surface area contributed by atoms with Crippen molar-refractivity contribution in [1.82, 2.24) is 0 Å². The van der Waals surface area contributed by atoms with E-state index in [0.29, 0.717) is 5.02 Å². The Hall–Kier alpha value is -1.32. The summed E-state index contributed by atoms with van der Waals surface area (Å²) in [5, 5.41) is 10.3. The summed E-state index contributed by atoms with van der Waals surface area (Å²) >= 11 is 7.37. The number of carboxylic acids is 1. The second-order valence-corrected chi connectivity index (χ2v) is 4.55. The molecule has 76 valence electrons. The van der Waals surface area contributed by atoms with Crippen molar-refractivity contribution < 1.29 is 9.90 Å². The van der Waals surface area contributed by atoms with Crippen molar-refractivity contribution in [2.24, 2.45) is 0 Å². The van der Waals surface area contributed by atoms with E-state index in [4.69, 9.17) is 16.7 Å². The number of carboxylic acid groups (broad SMARTS) is 1. The van der Waals surface area contributed by atoms with Gasteiger partial charge in [0.2, 0.25) is 0 Å². The van der Waals surface area contributed by atoms with Crippen molar-refractivity contribution in [1.29, 1.82) is 0 Å². The summed E-state index contributed by atoms with van der Waals surface area (Å²) in [6, 6.07) is 7.56. The van der Waals surface area contributed by atoms with E-state index in [1.807, 2.05) is 24.3 Å². The summed E-state index contributed by atoms with van der Waals surface area (Å²) in [6.07, 6.45) is 2.72. The minimum absolute atomic E-state index is 0.693. The van der Waals surface area contributed by atoms with Gasteiger partial charge in [-0.15, -0.1) is 11.3 Å². The lowest BCUT2D eigenvalue weighted by Crippen LogP contribution is -1.84. The fraction of sp³-hybridized carbons (Fsp3) is 0. The maximum atomic E-state index is 10.3. The van der Waals surface area contributed by atoms with Gasteiger partial charge in [-0.1, -0.05) is 17.7 Å². The number of fused-ring (bicyclic) bond motifs is 1. The van der Waals surface area contributed by atoms with Gasteiger partial charge in [0.15, 0.2) is 0 Å². The molecule has 4 heteroatoms. The molecular weight excluding hydrogens is 232 g/mol. The molecule has 0 bridgehead atoms. The molecule has 2 nitrogen and oxygen atoms in total. The number of carbonyl (C=O) groups is 1. The zero-order valence-electron chi connectivity index (χ0n) is 7.61.